The Hall–Kier alpha value is -2.36. The second-order valence-corrected chi connectivity index (χ2v) is 8.33. The van der Waals surface area contributed by atoms with Crippen LogP contribution in [0.2, 0.25) is 0 Å². The Bertz CT molecular complexity index is 788. The lowest BCUT2D eigenvalue weighted by atomic mass is 9.97. The second-order valence-electron chi connectivity index (χ2n) is 8.33. The number of carbonyl (C=O) groups excluding carboxylic acids is 2. The number of alkyl halides is 3. The number of hydrogen-bond donors (Lipinski definition) is 0. The van der Waals surface area contributed by atoms with E-state index in [-0.39, 0.29) is 23.8 Å². The number of anilines is 1. The van der Waals surface area contributed by atoms with E-state index in [0.717, 1.165) is 31.5 Å². The number of nitrogens with zero attached hydrogens (tertiary/aromatic N) is 4. The molecule has 2 saturated heterocycles. The lowest BCUT2D eigenvalue weighted by molar-refractivity contribution is -0.152. The fourth-order valence-electron chi connectivity index (χ4n) is 4.34. The number of piperidine rings is 1. The molecule has 2 aliphatic rings. The molecule has 0 bridgehead atoms. The molecule has 0 radical (unpaired) electrons. The molecule has 1 aromatic rings. The Morgan fingerprint density at radius 2 is 1.94 bits per heavy atom. The van der Waals surface area contributed by atoms with Gasteiger partial charge in [-0.15, -0.1) is 0 Å². The predicted molar refractivity (Wildman–Crippen MR) is 113 cm³/mol. The van der Waals surface area contributed by atoms with Gasteiger partial charge in [-0.05, 0) is 45.2 Å². The molecule has 1 amide bonds. The topological polar surface area (TPSA) is 66.0 Å². The summed E-state index contributed by atoms with van der Waals surface area (Å²) in [6, 6.07) is 2.11. The fourth-order valence-corrected chi connectivity index (χ4v) is 4.34. The molecule has 0 saturated carbocycles. The molecular weight excluding hydrogens is 425 g/mol. The average Bonchev–Trinajstić information content (AvgIpc) is 3.04. The minimum absolute atomic E-state index is 0.0000959. The average molecular weight is 457 g/mol. The number of amides is 1. The molecule has 7 nitrogen and oxygen atoms in total. The molecule has 2 aliphatic heterocycles. The van der Waals surface area contributed by atoms with E-state index in [1.807, 2.05) is 11.8 Å². The van der Waals surface area contributed by atoms with E-state index in [1.165, 1.54) is 6.07 Å². The second kappa shape index (κ2) is 10.5. The van der Waals surface area contributed by atoms with Gasteiger partial charge in [-0.2, -0.15) is 13.2 Å². The van der Waals surface area contributed by atoms with Crippen LogP contribution in [0.1, 0.15) is 38.7 Å². The maximum Gasteiger partial charge on any atom is 0.417 e. The van der Waals surface area contributed by atoms with Crippen molar-refractivity contribution in [1.82, 2.24) is 14.8 Å². The molecule has 0 aliphatic carbocycles. The number of likely N-dealkylation sites (tertiary alicyclic amines) is 1. The zero-order valence-electron chi connectivity index (χ0n) is 18.6. The molecule has 2 unspecified atom stereocenters. The Labute approximate surface area is 186 Å². The molecule has 3 heterocycles. The van der Waals surface area contributed by atoms with Gasteiger partial charge in [-0.25, -0.2) is 4.98 Å². The van der Waals surface area contributed by atoms with Gasteiger partial charge in [0.25, 0.3) is 0 Å². The molecule has 1 aromatic heterocycles. The molecule has 2 fully saturated rings. The minimum Gasteiger partial charge on any atom is -0.466 e. The first-order chi connectivity index (χ1) is 15.2. The van der Waals surface area contributed by atoms with Gasteiger partial charge in [0, 0.05) is 45.5 Å². The summed E-state index contributed by atoms with van der Waals surface area (Å²) in [5.41, 5.74) is -0.764. The quantitative estimate of drug-likeness (QED) is 0.635. The number of carbonyl (C=O) groups is 2. The van der Waals surface area contributed by atoms with Crippen molar-refractivity contribution in [3.8, 4) is 0 Å². The largest absolute Gasteiger partial charge is 0.466 e. The van der Waals surface area contributed by atoms with Crippen LogP contribution >= 0.6 is 0 Å². The number of esters is 1. The van der Waals surface area contributed by atoms with E-state index >= 15 is 0 Å². The molecule has 0 N–H and O–H groups in total. The third-order valence-electron chi connectivity index (χ3n) is 6.19. The van der Waals surface area contributed by atoms with Gasteiger partial charge in [0.05, 0.1) is 24.1 Å². The highest BCUT2D eigenvalue weighted by molar-refractivity contribution is 5.82. The molecule has 32 heavy (non-hydrogen) atoms. The van der Waals surface area contributed by atoms with Crippen molar-refractivity contribution in [2.75, 3.05) is 50.8 Å². The van der Waals surface area contributed by atoms with Crippen molar-refractivity contribution >= 4 is 17.7 Å². The third kappa shape index (κ3) is 5.90. The van der Waals surface area contributed by atoms with Gasteiger partial charge < -0.3 is 14.5 Å². The number of pyridine rings is 1. The number of halogens is 3. The molecule has 0 aromatic carbocycles. The van der Waals surface area contributed by atoms with Crippen molar-refractivity contribution in [1.29, 1.82) is 0 Å². The highest BCUT2D eigenvalue weighted by atomic mass is 19.4. The summed E-state index contributed by atoms with van der Waals surface area (Å²) >= 11 is 0. The lowest BCUT2D eigenvalue weighted by Gasteiger charge is -2.36. The van der Waals surface area contributed by atoms with Crippen LogP contribution in [0.15, 0.2) is 18.3 Å². The summed E-state index contributed by atoms with van der Waals surface area (Å²) in [6.07, 6.45) is -1.27. The summed E-state index contributed by atoms with van der Waals surface area (Å²) in [4.78, 5) is 35.0. The molecule has 0 spiro atoms. The fraction of sp³-hybridized carbons (Fsp3) is 0.682. The first-order valence-electron chi connectivity index (χ1n) is 11.2. The van der Waals surface area contributed by atoms with Gasteiger partial charge in [0.15, 0.2) is 0 Å². The van der Waals surface area contributed by atoms with Crippen LogP contribution in [-0.4, -0.2) is 78.6 Å². The van der Waals surface area contributed by atoms with Gasteiger partial charge >= 0.3 is 12.1 Å². The molecule has 178 valence electrons. The lowest BCUT2D eigenvalue weighted by Crippen LogP contribution is -2.51. The van der Waals surface area contributed by atoms with Gasteiger partial charge in [0.2, 0.25) is 5.91 Å². The Morgan fingerprint density at radius 1 is 1.16 bits per heavy atom. The van der Waals surface area contributed by atoms with E-state index in [4.69, 9.17) is 4.74 Å². The van der Waals surface area contributed by atoms with Crippen LogP contribution in [0.25, 0.3) is 0 Å². The summed E-state index contributed by atoms with van der Waals surface area (Å²) < 4.78 is 43.5. The standard InChI is InChI=1S/C22H31F3N4O3/c1-3-32-21(31)17-6-4-9-29(15-17)20(30)16(2)27-10-5-11-28(13-12-27)19-8-7-18(14-26-19)22(23,24)25/h7-8,14,16-17H,3-6,9-13,15H2,1-2H3. The normalized spacial score (nSPS) is 21.7. The predicted octanol–water partition coefficient (Wildman–Crippen LogP) is 2.80. The minimum atomic E-state index is -4.41. The Kier molecular flexibility index (Phi) is 7.97. The zero-order valence-corrected chi connectivity index (χ0v) is 18.6. The molecular formula is C22H31F3N4O3. The highest BCUT2D eigenvalue weighted by Crippen LogP contribution is 2.29. The molecule has 2 atom stereocenters. The van der Waals surface area contributed by atoms with Crippen molar-refractivity contribution in [2.45, 2.75) is 45.3 Å². The summed E-state index contributed by atoms with van der Waals surface area (Å²) in [5.74, 6) is -0.00966. The number of aromatic nitrogens is 1. The summed E-state index contributed by atoms with van der Waals surface area (Å²) in [5, 5.41) is 0. The van der Waals surface area contributed by atoms with Gasteiger partial charge in [-0.1, -0.05) is 0 Å². The van der Waals surface area contributed by atoms with Crippen LogP contribution in [-0.2, 0) is 20.5 Å². The Balaban J connectivity index is 1.57. The number of ether oxygens (including phenoxy) is 1. The van der Waals surface area contributed by atoms with Crippen molar-refractivity contribution in [3.05, 3.63) is 23.9 Å². The molecule has 3 rings (SSSR count). The first kappa shape index (κ1) is 24.3. The summed E-state index contributed by atoms with van der Waals surface area (Å²) in [6.45, 7) is 7.54. The van der Waals surface area contributed by atoms with Crippen LogP contribution in [0, 0.1) is 5.92 Å². The van der Waals surface area contributed by atoms with Crippen LogP contribution in [0.5, 0.6) is 0 Å². The van der Waals surface area contributed by atoms with Crippen molar-refractivity contribution in [2.24, 2.45) is 5.92 Å². The van der Waals surface area contributed by atoms with Gasteiger partial charge in [0.1, 0.15) is 5.82 Å². The van der Waals surface area contributed by atoms with E-state index in [0.29, 0.717) is 51.7 Å². The maximum atomic E-state index is 13.1. The van der Waals surface area contributed by atoms with Gasteiger partial charge in [-0.3, -0.25) is 14.5 Å². The number of rotatable bonds is 5. The SMILES string of the molecule is CCOC(=O)C1CCCN(C(=O)C(C)N2CCCN(c3ccc(C(F)(F)F)cn3)CC2)C1. The highest BCUT2D eigenvalue weighted by Gasteiger charge is 2.34. The van der Waals surface area contributed by atoms with Crippen LogP contribution < -0.4 is 4.90 Å². The smallest absolute Gasteiger partial charge is 0.417 e. The zero-order chi connectivity index (χ0) is 23.3. The first-order valence-corrected chi connectivity index (χ1v) is 11.2. The summed E-state index contributed by atoms with van der Waals surface area (Å²) in [7, 11) is 0. The van der Waals surface area contributed by atoms with E-state index in [1.54, 1.807) is 11.8 Å². The molecule has 10 heteroatoms. The van der Waals surface area contributed by atoms with E-state index in [2.05, 4.69) is 9.88 Å². The number of hydrogen-bond acceptors (Lipinski definition) is 6. The van der Waals surface area contributed by atoms with Crippen molar-refractivity contribution < 1.29 is 27.5 Å². The van der Waals surface area contributed by atoms with Crippen LogP contribution in [0.4, 0.5) is 19.0 Å². The maximum absolute atomic E-state index is 13.1. The Morgan fingerprint density at radius 3 is 2.59 bits per heavy atom. The monoisotopic (exact) mass is 456 g/mol. The van der Waals surface area contributed by atoms with E-state index in [9.17, 15) is 22.8 Å². The van der Waals surface area contributed by atoms with Crippen molar-refractivity contribution in [3.63, 3.8) is 0 Å². The van der Waals surface area contributed by atoms with Crippen LogP contribution in [0.3, 0.4) is 0 Å². The van der Waals surface area contributed by atoms with E-state index < -0.39 is 11.7 Å². The third-order valence-corrected chi connectivity index (χ3v) is 6.19.